The predicted molar refractivity (Wildman–Crippen MR) is 138 cm³/mol. The molecule has 2 aliphatic rings. The Morgan fingerprint density at radius 1 is 1.27 bits per heavy atom. The van der Waals surface area contributed by atoms with Crippen molar-refractivity contribution in [3.63, 3.8) is 0 Å². The Labute approximate surface area is 217 Å². The minimum Gasteiger partial charge on any atom is -0.493 e. The Balaban J connectivity index is 1.58. The number of carboxylic acid groups (broad SMARTS) is 1. The van der Waals surface area contributed by atoms with Gasteiger partial charge < -0.3 is 29.0 Å². The molecular weight excluding hydrogens is 498 g/mol. The number of carbonyl (C=O) groups is 2. The SMILES string of the molecule is CN(C)C=Nc1oc2cccc(-c3cc4c(cc3Cl)C(=O)N3CCN(C(=O)O)C[C@@H]3CCO4)c2c1C#N. The highest BCUT2D eigenvalue weighted by molar-refractivity contribution is 6.34. The fourth-order valence-corrected chi connectivity index (χ4v) is 5.04. The van der Waals surface area contributed by atoms with Crippen LogP contribution in [-0.4, -0.2) is 84.5 Å². The minimum absolute atomic E-state index is 0.194. The third-order valence-corrected chi connectivity index (χ3v) is 6.84. The van der Waals surface area contributed by atoms with E-state index in [2.05, 4.69) is 11.1 Å². The smallest absolute Gasteiger partial charge is 0.407 e. The van der Waals surface area contributed by atoms with Crippen molar-refractivity contribution in [2.24, 2.45) is 4.99 Å². The first-order chi connectivity index (χ1) is 17.8. The van der Waals surface area contributed by atoms with Gasteiger partial charge in [-0.05, 0) is 23.8 Å². The summed E-state index contributed by atoms with van der Waals surface area (Å²) in [5.41, 5.74) is 2.33. The van der Waals surface area contributed by atoms with Gasteiger partial charge in [-0.15, -0.1) is 0 Å². The van der Waals surface area contributed by atoms with Gasteiger partial charge in [-0.25, -0.2) is 9.79 Å². The third-order valence-electron chi connectivity index (χ3n) is 6.53. The molecule has 11 heteroatoms. The van der Waals surface area contributed by atoms with E-state index in [4.69, 9.17) is 20.8 Å². The average molecular weight is 522 g/mol. The zero-order chi connectivity index (χ0) is 26.3. The molecule has 2 aliphatic heterocycles. The number of amides is 2. The summed E-state index contributed by atoms with van der Waals surface area (Å²) in [6, 6.07) is 10.6. The lowest BCUT2D eigenvalue weighted by atomic mass is 9.96. The molecule has 1 atom stereocenters. The Kier molecular flexibility index (Phi) is 6.39. The van der Waals surface area contributed by atoms with Crippen molar-refractivity contribution in [2.45, 2.75) is 12.5 Å². The van der Waals surface area contributed by atoms with Crippen molar-refractivity contribution in [2.75, 3.05) is 40.3 Å². The van der Waals surface area contributed by atoms with Crippen LogP contribution in [0.5, 0.6) is 5.75 Å². The Bertz CT molecular complexity index is 1470. The molecule has 0 spiro atoms. The summed E-state index contributed by atoms with van der Waals surface area (Å²) in [6.07, 6.45) is 1.05. The molecule has 0 unspecified atom stereocenters. The number of aliphatic imine (C=N–C) groups is 1. The number of ether oxygens (including phenoxy) is 1. The molecule has 3 aromatic rings. The molecule has 5 rings (SSSR count). The van der Waals surface area contributed by atoms with Gasteiger partial charge in [-0.3, -0.25) is 4.79 Å². The number of furan rings is 1. The fraction of sp³-hybridized carbons (Fsp3) is 0.308. The van der Waals surface area contributed by atoms with Crippen LogP contribution in [0.1, 0.15) is 22.3 Å². The van der Waals surface area contributed by atoms with Crippen LogP contribution in [0, 0.1) is 11.3 Å². The lowest BCUT2D eigenvalue weighted by molar-refractivity contribution is 0.0374. The first-order valence-corrected chi connectivity index (χ1v) is 12.1. The molecule has 3 heterocycles. The second-order valence-electron chi connectivity index (χ2n) is 9.13. The molecule has 0 radical (unpaired) electrons. The largest absolute Gasteiger partial charge is 0.493 e. The number of piperazine rings is 1. The minimum atomic E-state index is -0.996. The van der Waals surface area contributed by atoms with Gasteiger partial charge in [0.05, 0.1) is 24.6 Å². The Morgan fingerprint density at radius 2 is 2.08 bits per heavy atom. The molecule has 10 nitrogen and oxygen atoms in total. The van der Waals surface area contributed by atoms with Crippen LogP contribution in [-0.2, 0) is 0 Å². The second kappa shape index (κ2) is 9.67. The summed E-state index contributed by atoms with van der Waals surface area (Å²) in [4.78, 5) is 34.0. The number of nitriles is 1. The highest BCUT2D eigenvalue weighted by Crippen LogP contribution is 2.43. The molecule has 1 aromatic heterocycles. The van der Waals surface area contributed by atoms with Crippen LogP contribution in [0.4, 0.5) is 10.7 Å². The molecule has 37 heavy (non-hydrogen) atoms. The van der Waals surface area contributed by atoms with E-state index in [1.807, 2.05) is 20.2 Å². The second-order valence-corrected chi connectivity index (χ2v) is 9.53. The van der Waals surface area contributed by atoms with E-state index in [9.17, 15) is 20.0 Å². The number of hydrogen-bond acceptors (Lipinski definition) is 6. The lowest BCUT2D eigenvalue weighted by Gasteiger charge is -2.41. The standard InChI is InChI=1S/C26H24ClN5O5/c1-30(2)14-29-24-19(12-28)23-16(4-3-5-21(23)37-24)17-11-22-18(10-20(17)27)25(33)32-8-7-31(26(34)35)13-15(32)6-9-36-22/h3-5,10-11,14-15H,6-9,13H2,1-2H3,(H,34,35)/t15-/m0/s1. The van der Waals surface area contributed by atoms with Crippen molar-refractivity contribution < 1.29 is 23.8 Å². The maximum absolute atomic E-state index is 13.5. The summed E-state index contributed by atoms with van der Waals surface area (Å²) in [7, 11) is 3.63. The van der Waals surface area contributed by atoms with Crippen molar-refractivity contribution >= 4 is 46.8 Å². The number of nitrogens with zero attached hydrogens (tertiary/aromatic N) is 5. The van der Waals surface area contributed by atoms with E-state index in [-0.39, 0.29) is 36.5 Å². The first-order valence-electron chi connectivity index (χ1n) is 11.7. The molecule has 0 bridgehead atoms. The van der Waals surface area contributed by atoms with Gasteiger partial charge in [0.25, 0.3) is 5.91 Å². The molecule has 1 N–H and O–H groups in total. The molecule has 190 valence electrons. The van der Waals surface area contributed by atoms with Gasteiger partial charge in [0.2, 0.25) is 5.88 Å². The number of rotatable bonds is 3. The van der Waals surface area contributed by atoms with Crippen LogP contribution < -0.4 is 4.74 Å². The summed E-state index contributed by atoms with van der Waals surface area (Å²) in [6.45, 7) is 1.09. The molecule has 2 aromatic carbocycles. The zero-order valence-electron chi connectivity index (χ0n) is 20.3. The van der Waals surface area contributed by atoms with Gasteiger partial charge in [-0.1, -0.05) is 23.7 Å². The van der Waals surface area contributed by atoms with Crippen molar-refractivity contribution in [1.82, 2.24) is 14.7 Å². The lowest BCUT2D eigenvalue weighted by Crippen LogP contribution is -2.57. The predicted octanol–water partition coefficient (Wildman–Crippen LogP) is 4.43. The monoisotopic (exact) mass is 521 g/mol. The number of benzene rings is 2. The van der Waals surface area contributed by atoms with Crippen LogP contribution in [0.25, 0.3) is 22.1 Å². The van der Waals surface area contributed by atoms with E-state index in [1.165, 1.54) is 4.90 Å². The number of halogens is 1. The molecule has 0 aliphatic carbocycles. The highest BCUT2D eigenvalue weighted by atomic mass is 35.5. The molecule has 1 saturated heterocycles. The first kappa shape index (κ1) is 24.5. The van der Waals surface area contributed by atoms with Gasteiger partial charge in [0.15, 0.2) is 0 Å². The Hall–Kier alpha value is -4.23. The molecule has 1 fully saturated rings. The van der Waals surface area contributed by atoms with Crippen LogP contribution >= 0.6 is 11.6 Å². The highest BCUT2D eigenvalue weighted by Gasteiger charge is 2.36. The van der Waals surface area contributed by atoms with Crippen molar-refractivity contribution in [1.29, 1.82) is 5.26 Å². The van der Waals surface area contributed by atoms with Crippen LogP contribution in [0.2, 0.25) is 5.02 Å². The van der Waals surface area contributed by atoms with Gasteiger partial charge in [0.1, 0.15) is 23.0 Å². The average Bonchev–Trinajstić information content (AvgIpc) is 3.24. The van der Waals surface area contributed by atoms with Crippen LogP contribution in [0.15, 0.2) is 39.7 Å². The summed E-state index contributed by atoms with van der Waals surface area (Å²) < 4.78 is 11.9. The van der Waals surface area contributed by atoms with Gasteiger partial charge >= 0.3 is 6.09 Å². The maximum Gasteiger partial charge on any atom is 0.407 e. The number of carbonyl (C=O) groups excluding carboxylic acids is 1. The fourth-order valence-electron chi connectivity index (χ4n) is 4.77. The van der Waals surface area contributed by atoms with Crippen molar-refractivity contribution in [3.05, 3.63) is 46.5 Å². The zero-order valence-corrected chi connectivity index (χ0v) is 21.0. The van der Waals surface area contributed by atoms with Gasteiger partial charge in [0, 0.05) is 56.1 Å². The van der Waals surface area contributed by atoms with E-state index < -0.39 is 6.09 Å². The molecular formula is C26H24ClN5O5. The number of fused-ring (bicyclic) bond motifs is 3. The van der Waals surface area contributed by atoms with Crippen molar-refractivity contribution in [3.8, 4) is 22.9 Å². The quantitative estimate of drug-likeness (QED) is 0.399. The maximum atomic E-state index is 13.5. The van der Waals surface area contributed by atoms with Gasteiger partial charge in [-0.2, -0.15) is 5.26 Å². The van der Waals surface area contributed by atoms with E-state index in [0.717, 1.165) is 0 Å². The summed E-state index contributed by atoms with van der Waals surface area (Å²) in [5, 5.41) is 20.2. The van der Waals surface area contributed by atoms with E-state index >= 15 is 0 Å². The summed E-state index contributed by atoms with van der Waals surface area (Å²) >= 11 is 6.74. The van der Waals surface area contributed by atoms with Crippen LogP contribution in [0.3, 0.4) is 0 Å². The Morgan fingerprint density at radius 3 is 2.81 bits per heavy atom. The normalized spacial score (nSPS) is 17.6. The third kappa shape index (κ3) is 4.42. The van der Waals surface area contributed by atoms with E-state index in [1.54, 1.807) is 40.4 Å². The molecule has 2 amide bonds. The number of hydrogen-bond donors (Lipinski definition) is 1. The topological polar surface area (TPSA) is 123 Å². The summed E-state index contributed by atoms with van der Waals surface area (Å²) in [5.74, 6) is 0.324. The van der Waals surface area contributed by atoms with E-state index in [0.29, 0.717) is 58.0 Å². The molecule has 0 saturated carbocycles.